The van der Waals surface area contributed by atoms with Gasteiger partial charge < -0.3 is 4.90 Å². The SMILES string of the molecule is Cc1cc(C(C#N)=Cc2ccc(N(C)C)cc2)cc(C)c1[N+](=O)[O-]. The Kier molecular flexibility index (Phi) is 5.00. The molecule has 0 heterocycles. The first-order valence-electron chi connectivity index (χ1n) is 7.48. The molecule has 0 saturated carbocycles. The van der Waals surface area contributed by atoms with Crippen molar-refractivity contribution in [3.63, 3.8) is 0 Å². The summed E-state index contributed by atoms with van der Waals surface area (Å²) in [6.45, 7) is 3.38. The number of aryl methyl sites for hydroxylation is 2. The Hall–Kier alpha value is -3.13. The standard InChI is InChI=1S/C19H19N3O2/c1-13-9-16(10-14(2)19(13)22(23)24)17(12-20)11-15-5-7-18(8-6-15)21(3)4/h5-11H,1-4H3. The van der Waals surface area contributed by atoms with E-state index in [1.54, 1.807) is 32.1 Å². The van der Waals surface area contributed by atoms with Crippen LogP contribution in [0.1, 0.15) is 22.3 Å². The lowest BCUT2D eigenvalue weighted by Gasteiger charge is -2.12. The number of nitriles is 1. The van der Waals surface area contributed by atoms with Crippen molar-refractivity contribution < 1.29 is 4.92 Å². The van der Waals surface area contributed by atoms with Gasteiger partial charge in [-0.2, -0.15) is 5.26 Å². The summed E-state index contributed by atoms with van der Waals surface area (Å²) in [4.78, 5) is 12.7. The maximum absolute atomic E-state index is 11.1. The quantitative estimate of drug-likeness (QED) is 0.363. The second-order valence-electron chi connectivity index (χ2n) is 5.87. The molecule has 0 aromatic heterocycles. The highest BCUT2D eigenvalue weighted by Crippen LogP contribution is 2.28. The normalized spacial score (nSPS) is 11.0. The van der Waals surface area contributed by atoms with E-state index in [4.69, 9.17) is 0 Å². The van der Waals surface area contributed by atoms with E-state index in [1.807, 2.05) is 43.3 Å². The molecule has 2 aromatic rings. The van der Waals surface area contributed by atoms with Gasteiger partial charge in [0.15, 0.2) is 0 Å². The van der Waals surface area contributed by atoms with Crippen LogP contribution in [0.4, 0.5) is 11.4 Å². The smallest absolute Gasteiger partial charge is 0.275 e. The zero-order chi connectivity index (χ0) is 17.9. The Morgan fingerprint density at radius 3 is 2.12 bits per heavy atom. The molecule has 0 fully saturated rings. The molecule has 5 heteroatoms. The second kappa shape index (κ2) is 6.97. The average molecular weight is 321 g/mol. The molecule has 0 saturated heterocycles. The van der Waals surface area contributed by atoms with E-state index < -0.39 is 0 Å². The summed E-state index contributed by atoms with van der Waals surface area (Å²) >= 11 is 0. The molecule has 0 aliphatic heterocycles. The molecule has 0 bridgehead atoms. The van der Waals surface area contributed by atoms with Crippen LogP contribution in [-0.4, -0.2) is 19.0 Å². The number of allylic oxidation sites excluding steroid dienone is 1. The number of hydrogen-bond donors (Lipinski definition) is 0. The highest BCUT2D eigenvalue weighted by atomic mass is 16.6. The highest BCUT2D eigenvalue weighted by Gasteiger charge is 2.16. The molecule has 2 aromatic carbocycles. The Morgan fingerprint density at radius 2 is 1.71 bits per heavy atom. The summed E-state index contributed by atoms with van der Waals surface area (Å²) in [5.41, 5.74) is 4.37. The number of hydrogen-bond acceptors (Lipinski definition) is 4. The van der Waals surface area contributed by atoms with Crippen LogP contribution in [0.5, 0.6) is 0 Å². The molecule has 2 rings (SSSR count). The van der Waals surface area contributed by atoms with Gasteiger partial charge in [0.25, 0.3) is 5.69 Å². The maximum Gasteiger partial charge on any atom is 0.275 e. The zero-order valence-electron chi connectivity index (χ0n) is 14.2. The third-order valence-corrected chi connectivity index (χ3v) is 3.83. The van der Waals surface area contributed by atoms with Crippen molar-refractivity contribution in [3.8, 4) is 6.07 Å². The Bertz CT molecular complexity index is 821. The van der Waals surface area contributed by atoms with Crippen LogP contribution in [0.15, 0.2) is 36.4 Å². The van der Waals surface area contributed by atoms with Crippen molar-refractivity contribution in [2.75, 3.05) is 19.0 Å². The van der Waals surface area contributed by atoms with Crippen molar-refractivity contribution in [1.29, 1.82) is 5.26 Å². The second-order valence-corrected chi connectivity index (χ2v) is 5.87. The van der Waals surface area contributed by atoms with E-state index in [9.17, 15) is 15.4 Å². The number of rotatable bonds is 4. The van der Waals surface area contributed by atoms with Crippen LogP contribution in [0.2, 0.25) is 0 Å². The van der Waals surface area contributed by atoms with Gasteiger partial charge in [-0.25, -0.2) is 0 Å². The topological polar surface area (TPSA) is 70.2 Å². The summed E-state index contributed by atoms with van der Waals surface area (Å²) in [5.74, 6) is 0. The predicted molar refractivity (Wildman–Crippen MR) is 96.8 cm³/mol. The fraction of sp³-hybridized carbons (Fsp3) is 0.211. The minimum atomic E-state index is -0.385. The number of nitro groups is 1. The van der Waals surface area contributed by atoms with Crippen molar-refractivity contribution in [3.05, 3.63) is 68.8 Å². The van der Waals surface area contributed by atoms with Crippen LogP contribution in [0, 0.1) is 35.3 Å². The van der Waals surface area contributed by atoms with Gasteiger partial charge >= 0.3 is 0 Å². The fourth-order valence-electron chi connectivity index (χ4n) is 2.61. The van der Waals surface area contributed by atoms with Crippen LogP contribution < -0.4 is 4.90 Å². The van der Waals surface area contributed by atoms with E-state index in [1.165, 1.54) is 0 Å². The highest BCUT2D eigenvalue weighted by molar-refractivity contribution is 5.90. The number of anilines is 1. The first-order chi connectivity index (χ1) is 11.3. The molecule has 0 radical (unpaired) electrons. The monoisotopic (exact) mass is 321 g/mol. The van der Waals surface area contributed by atoms with Gasteiger partial charge in [0.05, 0.1) is 16.6 Å². The summed E-state index contributed by atoms with van der Waals surface area (Å²) in [6.07, 6.45) is 1.79. The molecular formula is C19H19N3O2. The Labute approximate surface area is 141 Å². The molecule has 24 heavy (non-hydrogen) atoms. The average Bonchev–Trinajstić information content (AvgIpc) is 2.51. The molecule has 0 atom stereocenters. The van der Waals surface area contributed by atoms with E-state index in [0.29, 0.717) is 22.3 Å². The maximum atomic E-state index is 11.1. The predicted octanol–water partition coefficient (Wildman–Crippen LogP) is 4.34. The zero-order valence-corrected chi connectivity index (χ0v) is 14.2. The lowest BCUT2D eigenvalue weighted by molar-refractivity contribution is -0.386. The third kappa shape index (κ3) is 3.61. The first kappa shape index (κ1) is 17.2. The van der Waals surface area contributed by atoms with Gasteiger partial charge in [-0.05, 0) is 55.3 Å². The van der Waals surface area contributed by atoms with Gasteiger partial charge in [0.2, 0.25) is 0 Å². The van der Waals surface area contributed by atoms with Gasteiger partial charge in [0, 0.05) is 30.9 Å². The molecule has 0 unspecified atom stereocenters. The summed E-state index contributed by atoms with van der Waals surface area (Å²) in [5, 5.41) is 20.6. The van der Waals surface area contributed by atoms with Crippen molar-refractivity contribution in [2.45, 2.75) is 13.8 Å². The minimum absolute atomic E-state index is 0.103. The van der Waals surface area contributed by atoms with Crippen LogP contribution in [0.3, 0.4) is 0 Å². The minimum Gasteiger partial charge on any atom is -0.378 e. The van der Waals surface area contributed by atoms with Gasteiger partial charge in [-0.3, -0.25) is 10.1 Å². The lowest BCUT2D eigenvalue weighted by Crippen LogP contribution is -2.07. The number of benzene rings is 2. The van der Waals surface area contributed by atoms with E-state index in [2.05, 4.69) is 6.07 Å². The summed E-state index contributed by atoms with van der Waals surface area (Å²) < 4.78 is 0. The molecule has 122 valence electrons. The Balaban J connectivity index is 2.45. The van der Waals surface area contributed by atoms with Crippen LogP contribution in [0.25, 0.3) is 11.6 Å². The third-order valence-electron chi connectivity index (χ3n) is 3.83. The van der Waals surface area contributed by atoms with E-state index in [0.717, 1.165) is 11.3 Å². The largest absolute Gasteiger partial charge is 0.378 e. The van der Waals surface area contributed by atoms with E-state index >= 15 is 0 Å². The van der Waals surface area contributed by atoms with E-state index in [-0.39, 0.29) is 10.6 Å². The van der Waals surface area contributed by atoms with Crippen molar-refractivity contribution >= 4 is 23.0 Å². The van der Waals surface area contributed by atoms with Crippen molar-refractivity contribution in [1.82, 2.24) is 0 Å². The summed E-state index contributed by atoms with van der Waals surface area (Å²) in [6, 6.07) is 13.4. The molecule has 0 amide bonds. The molecule has 0 aliphatic carbocycles. The molecule has 5 nitrogen and oxygen atoms in total. The van der Waals surface area contributed by atoms with Crippen LogP contribution >= 0.6 is 0 Å². The van der Waals surface area contributed by atoms with Gasteiger partial charge in [-0.15, -0.1) is 0 Å². The van der Waals surface area contributed by atoms with Gasteiger partial charge in [-0.1, -0.05) is 12.1 Å². The number of nitro benzene ring substituents is 1. The number of nitrogens with zero attached hydrogens (tertiary/aromatic N) is 3. The molecule has 0 spiro atoms. The first-order valence-corrected chi connectivity index (χ1v) is 7.48. The molecule has 0 aliphatic rings. The Morgan fingerprint density at radius 1 is 1.17 bits per heavy atom. The van der Waals surface area contributed by atoms with Gasteiger partial charge in [0.1, 0.15) is 0 Å². The van der Waals surface area contributed by atoms with Crippen LogP contribution in [-0.2, 0) is 0 Å². The summed E-state index contributed by atoms with van der Waals surface area (Å²) in [7, 11) is 3.93. The lowest BCUT2D eigenvalue weighted by atomic mass is 9.98. The molecule has 0 N–H and O–H groups in total. The van der Waals surface area contributed by atoms with Crippen molar-refractivity contribution in [2.24, 2.45) is 0 Å². The molecular weight excluding hydrogens is 302 g/mol. The fourth-order valence-corrected chi connectivity index (χ4v) is 2.61.